The highest BCUT2D eigenvalue weighted by atomic mass is 16.3. The van der Waals surface area contributed by atoms with E-state index in [4.69, 9.17) is 0 Å². The Labute approximate surface area is 107 Å². The van der Waals surface area contributed by atoms with Gasteiger partial charge in [0.25, 0.3) is 0 Å². The molecule has 4 nitrogen and oxygen atoms in total. The van der Waals surface area contributed by atoms with Gasteiger partial charge in [0.2, 0.25) is 0 Å². The summed E-state index contributed by atoms with van der Waals surface area (Å²) in [5.74, 6) is 0.450. The molecule has 1 heterocycles. The molecular formula is C14H21NO3. The molecule has 1 fully saturated rings. The van der Waals surface area contributed by atoms with Crippen LogP contribution in [-0.2, 0) is 0 Å². The first-order valence-electron chi connectivity index (χ1n) is 6.48. The van der Waals surface area contributed by atoms with Crippen LogP contribution in [0.15, 0.2) is 18.2 Å². The van der Waals surface area contributed by atoms with Crippen molar-refractivity contribution in [3.8, 4) is 5.75 Å². The Kier molecular flexibility index (Phi) is 4.09. The highest BCUT2D eigenvalue weighted by Crippen LogP contribution is 2.31. The fraction of sp³-hybridized carbons (Fsp3) is 0.571. The van der Waals surface area contributed by atoms with Gasteiger partial charge < -0.3 is 20.2 Å². The average molecular weight is 251 g/mol. The topological polar surface area (TPSA) is 63.9 Å². The van der Waals surface area contributed by atoms with Crippen molar-refractivity contribution in [2.24, 2.45) is 5.92 Å². The molecule has 2 atom stereocenters. The van der Waals surface area contributed by atoms with E-state index < -0.39 is 6.10 Å². The van der Waals surface area contributed by atoms with Gasteiger partial charge in [0.1, 0.15) is 5.75 Å². The monoisotopic (exact) mass is 251 g/mol. The summed E-state index contributed by atoms with van der Waals surface area (Å²) >= 11 is 0. The first-order valence-corrected chi connectivity index (χ1v) is 6.48. The molecule has 1 aliphatic rings. The van der Waals surface area contributed by atoms with Crippen LogP contribution < -0.4 is 4.90 Å². The third-order valence-corrected chi connectivity index (χ3v) is 3.61. The van der Waals surface area contributed by atoms with Crippen LogP contribution in [0.1, 0.15) is 31.4 Å². The molecule has 0 amide bonds. The molecule has 1 aromatic carbocycles. The maximum absolute atomic E-state index is 9.88. The SMILES string of the molecule is CC(O)c1ccc(N2CCCC(CO)C2)cc1O. The molecule has 2 rings (SSSR count). The summed E-state index contributed by atoms with van der Waals surface area (Å²) in [6, 6.07) is 5.38. The largest absolute Gasteiger partial charge is 0.507 e. The lowest BCUT2D eigenvalue weighted by Gasteiger charge is -2.33. The number of hydrogen-bond donors (Lipinski definition) is 3. The minimum absolute atomic E-state index is 0.133. The minimum atomic E-state index is -0.661. The van der Waals surface area contributed by atoms with Crippen molar-refractivity contribution in [2.75, 3.05) is 24.6 Å². The van der Waals surface area contributed by atoms with Crippen molar-refractivity contribution < 1.29 is 15.3 Å². The predicted octanol–water partition coefficient (Wildman–Crippen LogP) is 1.65. The summed E-state index contributed by atoms with van der Waals surface area (Å²) in [5, 5.41) is 28.6. The second-order valence-electron chi connectivity index (χ2n) is 5.06. The summed E-state index contributed by atoms with van der Waals surface area (Å²) in [7, 11) is 0. The molecule has 2 unspecified atom stereocenters. The first-order chi connectivity index (χ1) is 8.61. The maximum atomic E-state index is 9.88. The summed E-state index contributed by atoms with van der Waals surface area (Å²) in [5.41, 5.74) is 1.50. The fourth-order valence-electron chi connectivity index (χ4n) is 2.53. The van der Waals surface area contributed by atoms with Gasteiger partial charge >= 0.3 is 0 Å². The molecule has 0 aromatic heterocycles. The van der Waals surface area contributed by atoms with Gasteiger partial charge in [-0.25, -0.2) is 0 Å². The van der Waals surface area contributed by atoms with Gasteiger partial charge in [-0.3, -0.25) is 0 Å². The second-order valence-corrected chi connectivity index (χ2v) is 5.06. The average Bonchev–Trinajstić information content (AvgIpc) is 2.38. The fourth-order valence-corrected chi connectivity index (χ4v) is 2.53. The van der Waals surface area contributed by atoms with E-state index in [2.05, 4.69) is 4.90 Å². The van der Waals surface area contributed by atoms with Crippen molar-refractivity contribution in [3.63, 3.8) is 0 Å². The number of phenols is 1. The van der Waals surface area contributed by atoms with E-state index in [1.54, 1.807) is 19.1 Å². The molecule has 0 spiro atoms. The highest BCUT2D eigenvalue weighted by molar-refractivity contribution is 5.54. The lowest BCUT2D eigenvalue weighted by molar-refractivity contribution is 0.195. The Morgan fingerprint density at radius 2 is 2.22 bits per heavy atom. The standard InChI is InChI=1S/C14H21NO3/c1-10(17)13-5-4-12(7-14(13)18)15-6-2-3-11(8-15)9-16/h4-5,7,10-11,16-18H,2-3,6,8-9H2,1H3. The van der Waals surface area contributed by atoms with Crippen molar-refractivity contribution in [1.82, 2.24) is 0 Å². The number of hydrogen-bond acceptors (Lipinski definition) is 4. The predicted molar refractivity (Wildman–Crippen MR) is 70.8 cm³/mol. The molecule has 0 bridgehead atoms. The molecule has 1 saturated heterocycles. The number of anilines is 1. The highest BCUT2D eigenvalue weighted by Gasteiger charge is 2.20. The first kappa shape index (κ1) is 13.2. The number of aromatic hydroxyl groups is 1. The van der Waals surface area contributed by atoms with Crippen LogP contribution in [0.4, 0.5) is 5.69 Å². The van der Waals surface area contributed by atoms with Gasteiger partial charge in [0.05, 0.1) is 6.10 Å². The van der Waals surface area contributed by atoms with Gasteiger partial charge in [-0.15, -0.1) is 0 Å². The minimum Gasteiger partial charge on any atom is -0.507 e. The van der Waals surface area contributed by atoms with Gasteiger partial charge in [-0.2, -0.15) is 0 Å². The van der Waals surface area contributed by atoms with Crippen LogP contribution in [0.3, 0.4) is 0 Å². The van der Waals surface area contributed by atoms with Crippen LogP contribution in [0.5, 0.6) is 5.75 Å². The Bertz CT molecular complexity index is 406. The van der Waals surface area contributed by atoms with Crippen LogP contribution in [-0.4, -0.2) is 35.0 Å². The molecular weight excluding hydrogens is 230 g/mol. The van der Waals surface area contributed by atoms with E-state index in [0.29, 0.717) is 11.5 Å². The Morgan fingerprint density at radius 3 is 2.83 bits per heavy atom. The van der Waals surface area contributed by atoms with Crippen molar-refractivity contribution in [3.05, 3.63) is 23.8 Å². The summed E-state index contributed by atoms with van der Waals surface area (Å²) in [4.78, 5) is 2.18. The number of nitrogens with zero attached hydrogens (tertiary/aromatic N) is 1. The molecule has 3 N–H and O–H groups in total. The number of aliphatic hydroxyl groups is 2. The van der Waals surface area contributed by atoms with Crippen molar-refractivity contribution in [1.29, 1.82) is 0 Å². The van der Waals surface area contributed by atoms with Gasteiger partial charge in [0.15, 0.2) is 0 Å². The van der Waals surface area contributed by atoms with Crippen LogP contribution in [0.2, 0.25) is 0 Å². The number of benzene rings is 1. The maximum Gasteiger partial charge on any atom is 0.123 e. The quantitative estimate of drug-likeness (QED) is 0.764. The third kappa shape index (κ3) is 2.76. The van der Waals surface area contributed by atoms with Crippen LogP contribution >= 0.6 is 0 Å². The molecule has 0 radical (unpaired) electrons. The van der Waals surface area contributed by atoms with E-state index in [1.807, 2.05) is 6.07 Å². The number of phenolic OH excluding ortho intramolecular Hbond substituents is 1. The second kappa shape index (κ2) is 5.59. The van der Waals surface area contributed by atoms with Gasteiger partial charge in [-0.1, -0.05) is 6.07 Å². The molecule has 4 heteroatoms. The molecule has 1 aliphatic heterocycles. The van der Waals surface area contributed by atoms with Gasteiger partial charge in [-0.05, 0) is 31.7 Å². The van der Waals surface area contributed by atoms with Gasteiger partial charge in [0, 0.05) is 37.0 Å². The lowest BCUT2D eigenvalue weighted by Crippen LogP contribution is -2.36. The summed E-state index contributed by atoms with van der Waals surface area (Å²) < 4.78 is 0. The molecule has 0 aliphatic carbocycles. The molecule has 1 aromatic rings. The normalized spacial score (nSPS) is 21.9. The van der Waals surface area contributed by atoms with E-state index in [9.17, 15) is 15.3 Å². The molecule has 0 saturated carbocycles. The Balaban J connectivity index is 2.16. The third-order valence-electron chi connectivity index (χ3n) is 3.61. The number of rotatable bonds is 3. The molecule has 100 valence electrons. The zero-order chi connectivity index (χ0) is 13.1. The van der Waals surface area contributed by atoms with Crippen molar-refractivity contribution in [2.45, 2.75) is 25.9 Å². The zero-order valence-electron chi connectivity index (χ0n) is 10.7. The Morgan fingerprint density at radius 1 is 1.44 bits per heavy atom. The smallest absolute Gasteiger partial charge is 0.123 e. The summed E-state index contributed by atoms with van der Waals surface area (Å²) in [6.07, 6.45) is 1.46. The van der Waals surface area contributed by atoms with Crippen molar-refractivity contribution >= 4 is 5.69 Å². The van der Waals surface area contributed by atoms with Crippen LogP contribution in [0, 0.1) is 5.92 Å². The lowest BCUT2D eigenvalue weighted by atomic mass is 9.98. The number of aliphatic hydroxyl groups excluding tert-OH is 2. The van der Waals surface area contributed by atoms with Crippen LogP contribution in [0.25, 0.3) is 0 Å². The van der Waals surface area contributed by atoms with E-state index in [0.717, 1.165) is 31.6 Å². The zero-order valence-corrected chi connectivity index (χ0v) is 10.7. The van der Waals surface area contributed by atoms with E-state index in [1.165, 1.54) is 0 Å². The summed E-state index contributed by atoms with van der Waals surface area (Å²) in [6.45, 7) is 3.62. The molecule has 18 heavy (non-hydrogen) atoms. The van der Waals surface area contributed by atoms with E-state index >= 15 is 0 Å². The Hall–Kier alpha value is -1.26. The number of piperidine rings is 1. The van der Waals surface area contributed by atoms with E-state index in [-0.39, 0.29) is 12.4 Å².